The van der Waals surface area contributed by atoms with Gasteiger partial charge in [0, 0.05) is 25.2 Å². The molecule has 0 saturated heterocycles. The van der Waals surface area contributed by atoms with Crippen LogP contribution in [0.1, 0.15) is 55.1 Å². The van der Waals surface area contributed by atoms with Gasteiger partial charge in [0.2, 0.25) is 0 Å². The van der Waals surface area contributed by atoms with E-state index in [2.05, 4.69) is 15.4 Å². The van der Waals surface area contributed by atoms with Gasteiger partial charge in [0.25, 0.3) is 5.91 Å². The summed E-state index contributed by atoms with van der Waals surface area (Å²) in [5.74, 6) is -0.269. The van der Waals surface area contributed by atoms with Crippen LogP contribution in [-0.2, 0) is 16.6 Å². The second-order valence-corrected chi connectivity index (χ2v) is 7.10. The van der Waals surface area contributed by atoms with Crippen LogP contribution >= 0.6 is 0 Å². The first-order valence-electron chi connectivity index (χ1n) is 9.23. The minimum absolute atomic E-state index is 0.254. The molecule has 0 spiro atoms. The quantitative estimate of drug-likeness (QED) is 0.830. The molecule has 7 heteroatoms. The molecule has 2 aromatic heterocycles. The maximum atomic E-state index is 12.4. The van der Waals surface area contributed by atoms with E-state index in [9.17, 15) is 9.59 Å². The van der Waals surface area contributed by atoms with Gasteiger partial charge in [-0.15, -0.1) is 0 Å². The van der Waals surface area contributed by atoms with Crippen LogP contribution in [0.4, 0.5) is 0 Å². The van der Waals surface area contributed by atoms with Crippen LogP contribution in [0.15, 0.2) is 12.3 Å². The van der Waals surface area contributed by atoms with Gasteiger partial charge < -0.3 is 10.1 Å². The minimum Gasteiger partial charge on any atom is -0.449 e. The highest BCUT2D eigenvalue weighted by molar-refractivity contribution is 5.95. The molecule has 0 aromatic carbocycles. The lowest BCUT2D eigenvalue weighted by molar-refractivity contribution is -0.129. The molecule has 0 aliphatic heterocycles. The van der Waals surface area contributed by atoms with Crippen LogP contribution in [0.3, 0.4) is 0 Å². The molecule has 0 radical (unpaired) electrons. The first-order chi connectivity index (χ1) is 12.5. The number of pyridine rings is 1. The van der Waals surface area contributed by atoms with Gasteiger partial charge in [-0.1, -0.05) is 19.3 Å². The van der Waals surface area contributed by atoms with Crippen molar-refractivity contribution in [2.24, 2.45) is 13.0 Å². The lowest BCUT2D eigenvalue weighted by Crippen LogP contribution is -2.38. The number of ether oxygens (including phenoxy) is 1. The fourth-order valence-electron chi connectivity index (χ4n) is 3.48. The average Bonchev–Trinajstić information content (AvgIpc) is 2.94. The van der Waals surface area contributed by atoms with Gasteiger partial charge in [0.1, 0.15) is 0 Å². The van der Waals surface area contributed by atoms with E-state index in [1.165, 1.54) is 25.5 Å². The van der Waals surface area contributed by atoms with Crippen molar-refractivity contribution in [1.29, 1.82) is 0 Å². The Labute approximate surface area is 153 Å². The Kier molecular flexibility index (Phi) is 5.54. The van der Waals surface area contributed by atoms with E-state index in [1.807, 2.05) is 6.92 Å². The Morgan fingerprint density at radius 1 is 1.35 bits per heavy atom. The number of hydrogen-bond acceptors (Lipinski definition) is 5. The molecule has 7 nitrogen and oxygen atoms in total. The van der Waals surface area contributed by atoms with Crippen molar-refractivity contribution in [3.8, 4) is 0 Å². The molecular weight excluding hydrogens is 332 g/mol. The number of hydrogen-bond donors (Lipinski definition) is 1. The number of amides is 1. The van der Waals surface area contributed by atoms with Gasteiger partial charge in [0.15, 0.2) is 11.8 Å². The number of carbonyl (C=O) groups excluding carboxylic acids is 2. The Morgan fingerprint density at radius 3 is 2.81 bits per heavy atom. The standard InChI is InChI=1S/C19H26N4O3/c1-12-16-9-15(11-20-17(16)23(3)22-12)19(25)26-13(2)18(24)21-10-14-7-5-4-6-8-14/h9,11,13-14H,4-8,10H2,1-3H3,(H,21,24). The number of aryl methyl sites for hydroxylation is 2. The zero-order valence-corrected chi connectivity index (χ0v) is 15.6. The number of esters is 1. The predicted molar refractivity (Wildman–Crippen MR) is 97.7 cm³/mol. The van der Waals surface area contributed by atoms with E-state index in [1.54, 1.807) is 24.7 Å². The van der Waals surface area contributed by atoms with Crippen LogP contribution in [0.5, 0.6) is 0 Å². The molecular formula is C19H26N4O3. The maximum absolute atomic E-state index is 12.4. The molecule has 1 saturated carbocycles. The normalized spacial score (nSPS) is 16.4. The SMILES string of the molecule is Cc1nn(C)c2ncc(C(=O)OC(C)C(=O)NCC3CCCCC3)cc12. The molecule has 0 bridgehead atoms. The van der Waals surface area contributed by atoms with Crippen LogP contribution in [0, 0.1) is 12.8 Å². The van der Waals surface area contributed by atoms with Crippen molar-refractivity contribution in [2.45, 2.75) is 52.1 Å². The molecule has 1 fully saturated rings. The number of aromatic nitrogens is 3. The van der Waals surface area contributed by atoms with Crippen molar-refractivity contribution in [2.75, 3.05) is 6.54 Å². The number of fused-ring (bicyclic) bond motifs is 1. The molecule has 1 amide bonds. The van der Waals surface area contributed by atoms with E-state index in [-0.39, 0.29) is 5.91 Å². The highest BCUT2D eigenvalue weighted by atomic mass is 16.5. The summed E-state index contributed by atoms with van der Waals surface area (Å²) in [7, 11) is 1.80. The summed E-state index contributed by atoms with van der Waals surface area (Å²) >= 11 is 0. The number of carbonyl (C=O) groups is 2. The van der Waals surface area contributed by atoms with Gasteiger partial charge in [-0.25, -0.2) is 9.78 Å². The lowest BCUT2D eigenvalue weighted by atomic mass is 9.89. The van der Waals surface area contributed by atoms with Crippen molar-refractivity contribution < 1.29 is 14.3 Å². The first kappa shape index (κ1) is 18.4. The highest BCUT2D eigenvalue weighted by Gasteiger charge is 2.21. The smallest absolute Gasteiger partial charge is 0.340 e. The van der Waals surface area contributed by atoms with E-state index < -0.39 is 12.1 Å². The Bertz CT molecular complexity index is 808. The molecule has 1 atom stereocenters. The molecule has 1 aliphatic carbocycles. The van der Waals surface area contributed by atoms with Crippen LogP contribution < -0.4 is 5.32 Å². The van der Waals surface area contributed by atoms with Crippen LogP contribution in [0.2, 0.25) is 0 Å². The molecule has 2 heterocycles. The van der Waals surface area contributed by atoms with Crippen molar-refractivity contribution in [3.63, 3.8) is 0 Å². The average molecular weight is 358 g/mol. The molecule has 2 aromatic rings. The zero-order valence-electron chi connectivity index (χ0n) is 15.6. The van der Waals surface area contributed by atoms with Crippen LogP contribution in [-0.4, -0.2) is 39.3 Å². The molecule has 1 N–H and O–H groups in total. The lowest BCUT2D eigenvalue weighted by Gasteiger charge is -2.22. The van der Waals surface area contributed by atoms with E-state index in [0.29, 0.717) is 23.7 Å². The fraction of sp³-hybridized carbons (Fsp3) is 0.579. The van der Waals surface area contributed by atoms with Gasteiger partial charge >= 0.3 is 5.97 Å². The summed E-state index contributed by atoms with van der Waals surface area (Å²) in [6.45, 7) is 4.11. The summed E-state index contributed by atoms with van der Waals surface area (Å²) < 4.78 is 6.98. The Morgan fingerprint density at radius 2 is 2.08 bits per heavy atom. The fourth-order valence-corrected chi connectivity index (χ4v) is 3.48. The summed E-state index contributed by atoms with van der Waals surface area (Å²) in [6.07, 6.45) is 6.68. The summed E-state index contributed by atoms with van der Waals surface area (Å²) in [6, 6.07) is 1.71. The number of rotatable bonds is 5. The molecule has 3 rings (SSSR count). The third kappa shape index (κ3) is 4.03. The summed E-state index contributed by atoms with van der Waals surface area (Å²) in [4.78, 5) is 28.8. The predicted octanol–water partition coefficient (Wildman–Crippen LogP) is 2.52. The van der Waals surface area contributed by atoms with E-state index in [0.717, 1.165) is 23.9 Å². The number of nitrogens with zero attached hydrogens (tertiary/aromatic N) is 3. The molecule has 1 aliphatic rings. The number of nitrogens with one attached hydrogen (secondary N) is 1. The maximum Gasteiger partial charge on any atom is 0.340 e. The minimum atomic E-state index is -0.836. The topological polar surface area (TPSA) is 86.1 Å². The second kappa shape index (κ2) is 7.85. The van der Waals surface area contributed by atoms with Gasteiger partial charge in [0.05, 0.1) is 11.3 Å². The van der Waals surface area contributed by atoms with Gasteiger partial charge in [-0.3, -0.25) is 9.48 Å². The summed E-state index contributed by atoms with van der Waals surface area (Å²) in [5.41, 5.74) is 1.82. The first-order valence-corrected chi connectivity index (χ1v) is 9.23. The second-order valence-electron chi connectivity index (χ2n) is 7.10. The zero-order chi connectivity index (χ0) is 18.7. The summed E-state index contributed by atoms with van der Waals surface area (Å²) in [5, 5.41) is 7.99. The monoisotopic (exact) mass is 358 g/mol. The Hall–Kier alpha value is -2.44. The molecule has 140 valence electrons. The van der Waals surface area contributed by atoms with Gasteiger partial charge in [-0.05, 0) is 38.7 Å². The van der Waals surface area contributed by atoms with Crippen LogP contribution in [0.25, 0.3) is 11.0 Å². The highest BCUT2D eigenvalue weighted by Crippen LogP contribution is 2.22. The van der Waals surface area contributed by atoms with E-state index >= 15 is 0 Å². The van der Waals surface area contributed by atoms with Crippen molar-refractivity contribution in [1.82, 2.24) is 20.1 Å². The van der Waals surface area contributed by atoms with E-state index in [4.69, 9.17) is 4.74 Å². The third-order valence-corrected chi connectivity index (χ3v) is 5.04. The molecule has 1 unspecified atom stereocenters. The van der Waals surface area contributed by atoms with Crippen molar-refractivity contribution in [3.05, 3.63) is 23.5 Å². The molecule has 26 heavy (non-hydrogen) atoms. The van der Waals surface area contributed by atoms with Gasteiger partial charge in [-0.2, -0.15) is 5.10 Å². The third-order valence-electron chi connectivity index (χ3n) is 5.04. The Balaban J connectivity index is 1.58. The largest absolute Gasteiger partial charge is 0.449 e. The van der Waals surface area contributed by atoms with Crippen molar-refractivity contribution >= 4 is 22.9 Å².